The normalized spacial score (nSPS) is 14.4. The predicted molar refractivity (Wildman–Crippen MR) is 116 cm³/mol. The van der Waals surface area contributed by atoms with Crippen molar-refractivity contribution in [3.05, 3.63) is 70.7 Å². The van der Waals surface area contributed by atoms with Gasteiger partial charge in [-0.25, -0.2) is 0 Å². The highest BCUT2D eigenvalue weighted by atomic mass is 35.5. The topological polar surface area (TPSA) is 78.5 Å². The molecule has 1 atom stereocenters. The van der Waals surface area contributed by atoms with Crippen molar-refractivity contribution >= 4 is 29.3 Å². The van der Waals surface area contributed by atoms with Crippen molar-refractivity contribution < 1.29 is 14.4 Å². The van der Waals surface area contributed by atoms with Gasteiger partial charge in [-0.2, -0.15) is 0 Å². The maximum absolute atomic E-state index is 12.7. The van der Waals surface area contributed by atoms with Crippen LogP contribution in [0.5, 0.6) is 0 Å². The lowest BCUT2D eigenvalue weighted by Crippen LogP contribution is -2.35. The quantitative estimate of drug-likeness (QED) is 0.602. The highest BCUT2D eigenvalue weighted by Crippen LogP contribution is 2.20. The predicted octanol–water partition coefficient (Wildman–Crippen LogP) is 3.33. The third-order valence-electron chi connectivity index (χ3n) is 5.11. The van der Waals surface area contributed by atoms with Crippen molar-refractivity contribution in [2.45, 2.75) is 31.7 Å². The Labute approximate surface area is 181 Å². The van der Waals surface area contributed by atoms with Crippen LogP contribution in [0, 0.1) is 0 Å². The molecule has 1 aliphatic rings. The van der Waals surface area contributed by atoms with Crippen molar-refractivity contribution in [3.8, 4) is 0 Å². The molecule has 30 heavy (non-hydrogen) atoms. The van der Waals surface area contributed by atoms with Gasteiger partial charge in [-0.15, -0.1) is 0 Å². The molecule has 7 heteroatoms. The summed E-state index contributed by atoms with van der Waals surface area (Å²) >= 11 is 6.13. The minimum Gasteiger partial charge on any atom is -0.356 e. The Balaban J connectivity index is 1.56. The monoisotopic (exact) mass is 427 g/mol. The number of carbonyl (C=O) groups excluding carboxylic acids is 3. The molecule has 0 spiro atoms. The summed E-state index contributed by atoms with van der Waals surface area (Å²) in [6, 6.07) is 15.7. The van der Waals surface area contributed by atoms with E-state index in [0.717, 1.165) is 18.5 Å². The first kappa shape index (κ1) is 21.8. The molecule has 0 radical (unpaired) electrons. The van der Waals surface area contributed by atoms with Crippen LogP contribution in [0.4, 0.5) is 0 Å². The third-order valence-corrected chi connectivity index (χ3v) is 5.44. The van der Waals surface area contributed by atoms with Gasteiger partial charge in [0.15, 0.2) is 0 Å². The highest BCUT2D eigenvalue weighted by molar-refractivity contribution is 6.33. The maximum Gasteiger partial charge on any atom is 0.253 e. The summed E-state index contributed by atoms with van der Waals surface area (Å²) < 4.78 is 0. The van der Waals surface area contributed by atoms with Gasteiger partial charge < -0.3 is 15.5 Å². The van der Waals surface area contributed by atoms with Crippen molar-refractivity contribution in [2.75, 3.05) is 19.6 Å². The number of likely N-dealkylation sites (tertiary alicyclic amines) is 1. The van der Waals surface area contributed by atoms with E-state index in [-0.39, 0.29) is 24.1 Å². The van der Waals surface area contributed by atoms with Crippen molar-refractivity contribution in [1.82, 2.24) is 15.5 Å². The lowest BCUT2D eigenvalue weighted by atomic mass is 10.0. The Kier molecular flexibility index (Phi) is 7.85. The number of benzene rings is 2. The Bertz CT molecular complexity index is 888. The largest absolute Gasteiger partial charge is 0.356 e. The van der Waals surface area contributed by atoms with E-state index in [2.05, 4.69) is 10.6 Å². The number of hydrogen-bond donors (Lipinski definition) is 2. The van der Waals surface area contributed by atoms with E-state index >= 15 is 0 Å². The van der Waals surface area contributed by atoms with Crippen molar-refractivity contribution in [1.29, 1.82) is 0 Å². The van der Waals surface area contributed by atoms with Crippen molar-refractivity contribution in [3.63, 3.8) is 0 Å². The van der Waals surface area contributed by atoms with E-state index in [0.29, 0.717) is 36.5 Å². The molecule has 3 rings (SSSR count). The van der Waals surface area contributed by atoms with Gasteiger partial charge in [-0.05, 0) is 30.5 Å². The minimum atomic E-state index is -0.477. The second-order valence-electron chi connectivity index (χ2n) is 7.31. The van der Waals surface area contributed by atoms with E-state index in [4.69, 9.17) is 11.6 Å². The summed E-state index contributed by atoms with van der Waals surface area (Å²) in [6.45, 7) is 1.95. The summed E-state index contributed by atoms with van der Waals surface area (Å²) in [7, 11) is 0. The molecule has 1 fully saturated rings. The van der Waals surface area contributed by atoms with Gasteiger partial charge in [-0.1, -0.05) is 54.1 Å². The Morgan fingerprint density at radius 3 is 2.50 bits per heavy atom. The number of rotatable bonds is 9. The van der Waals surface area contributed by atoms with Crippen LogP contribution in [0.25, 0.3) is 0 Å². The first-order valence-electron chi connectivity index (χ1n) is 10.2. The minimum absolute atomic E-state index is 0.114. The molecule has 2 aromatic carbocycles. The molecule has 1 unspecified atom stereocenters. The van der Waals surface area contributed by atoms with Crippen LogP contribution in [0.2, 0.25) is 5.02 Å². The summed E-state index contributed by atoms with van der Waals surface area (Å²) in [5.41, 5.74) is 1.21. The average Bonchev–Trinajstić information content (AvgIpc) is 3.16. The third kappa shape index (κ3) is 6.07. The molecular formula is C23H26ClN3O3. The van der Waals surface area contributed by atoms with E-state index < -0.39 is 6.04 Å². The number of halogens is 1. The molecule has 158 valence electrons. The van der Waals surface area contributed by atoms with Gasteiger partial charge in [0, 0.05) is 26.1 Å². The molecule has 3 amide bonds. The Morgan fingerprint density at radius 1 is 1.07 bits per heavy atom. The van der Waals surface area contributed by atoms with Gasteiger partial charge in [0.25, 0.3) is 5.91 Å². The van der Waals surface area contributed by atoms with Gasteiger partial charge in [0.1, 0.15) is 0 Å². The first-order valence-corrected chi connectivity index (χ1v) is 10.6. The smallest absolute Gasteiger partial charge is 0.253 e. The highest BCUT2D eigenvalue weighted by Gasteiger charge is 2.21. The number of hydrogen-bond acceptors (Lipinski definition) is 3. The zero-order chi connectivity index (χ0) is 21.3. The standard InChI is InChI=1S/C23H26ClN3O3/c24-19-11-5-4-10-18(19)23(30)26-20(17-8-2-1-3-9-17)16-21(28)25-13-7-15-27-14-6-12-22(27)29/h1-5,8-11,20H,6-7,12-16H2,(H,25,28)(H,26,30). The Hall–Kier alpha value is -2.86. The first-order chi connectivity index (χ1) is 14.5. The van der Waals surface area contributed by atoms with E-state index in [1.54, 1.807) is 24.3 Å². The number of carbonyl (C=O) groups is 3. The van der Waals surface area contributed by atoms with Gasteiger partial charge in [-0.3, -0.25) is 14.4 Å². The van der Waals surface area contributed by atoms with Crippen LogP contribution in [-0.4, -0.2) is 42.3 Å². The molecule has 0 aromatic heterocycles. The molecule has 2 N–H and O–H groups in total. The zero-order valence-corrected chi connectivity index (χ0v) is 17.5. The molecule has 6 nitrogen and oxygen atoms in total. The van der Waals surface area contributed by atoms with Gasteiger partial charge in [0.2, 0.25) is 11.8 Å². The van der Waals surface area contributed by atoms with Crippen LogP contribution >= 0.6 is 11.6 Å². The molecule has 1 saturated heterocycles. The van der Waals surface area contributed by atoms with Crippen LogP contribution in [-0.2, 0) is 9.59 Å². The molecule has 0 aliphatic carbocycles. The second kappa shape index (κ2) is 10.8. The zero-order valence-electron chi connectivity index (χ0n) is 16.8. The number of nitrogens with one attached hydrogen (secondary N) is 2. The van der Waals surface area contributed by atoms with Gasteiger partial charge >= 0.3 is 0 Å². The molecule has 2 aromatic rings. The average molecular weight is 428 g/mol. The summed E-state index contributed by atoms with van der Waals surface area (Å²) in [6.07, 6.45) is 2.35. The molecular weight excluding hydrogens is 402 g/mol. The van der Waals surface area contributed by atoms with Gasteiger partial charge in [0.05, 0.1) is 23.0 Å². The summed E-state index contributed by atoms with van der Waals surface area (Å²) in [5, 5.41) is 6.18. The summed E-state index contributed by atoms with van der Waals surface area (Å²) in [4.78, 5) is 38.7. The molecule has 1 heterocycles. The Morgan fingerprint density at radius 2 is 1.80 bits per heavy atom. The maximum atomic E-state index is 12.7. The lowest BCUT2D eigenvalue weighted by Gasteiger charge is -2.20. The van der Waals surface area contributed by atoms with E-state index in [1.165, 1.54) is 0 Å². The van der Waals surface area contributed by atoms with E-state index in [1.807, 2.05) is 35.2 Å². The summed E-state index contributed by atoms with van der Waals surface area (Å²) in [5.74, 6) is -0.293. The second-order valence-corrected chi connectivity index (χ2v) is 7.72. The lowest BCUT2D eigenvalue weighted by molar-refractivity contribution is -0.127. The van der Waals surface area contributed by atoms with Crippen LogP contribution in [0.15, 0.2) is 54.6 Å². The molecule has 0 bridgehead atoms. The molecule has 1 aliphatic heterocycles. The number of amides is 3. The fourth-order valence-electron chi connectivity index (χ4n) is 3.51. The fraction of sp³-hybridized carbons (Fsp3) is 0.348. The van der Waals surface area contributed by atoms with Crippen LogP contribution in [0.1, 0.15) is 47.6 Å². The van der Waals surface area contributed by atoms with Crippen molar-refractivity contribution in [2.24, 2.45) is 0 Å². The van der Waals surface area contributed by atoms with Crippen LogP contribution < -0.4 is 10.6 Å². The molecule has 0 saturated carbocycles. The van der Waals surface area contributed by atoms with E-state index in [9.17, 15) is 14.4 Å². The van der Waals surface area contributed by atoms with Crippen LogP contribution in [0.3, 0.4) is 0 Å². The number of nitrogens with zero attached hydrogens (tertiary/aromatic N) is 1. The SMILES string of the molecule is O=C(CC(NC(=O)c1ccccc1Cl)c1ccccc1)NCCCN1CCCC1=O. The fourth-order valence-corrected chi connectivity index (χ4v) is 3.74.